The van der Waals surface area contributed by atoms with Gasteiger partial charge in [-0.05, 0) is 60.8 Å². The lowest BCUT2D eigenvalue weighted by molar-refractivity contribution is -0.385. The maximum atomic E-state index is 12.7. The molecular weight excluding hydrogens is 510 g/mol. The van der Waals surface area contributed by atoms with Crippen molar-refractivity contribution in [3.05, 3.63) is 79.9 Å². The van der Waals surface area contributed by atoms with Crippen LogP contribution in [0.4, 0.5) is 21.0 Å². The van der Waals surface area contributed by atoms with Gasteiger partial charge in [0.2, 0.25) is 0 Å². The maximum Gasteiger partial charge on any atom is 0.410 e. The van der Waals surface area contributed by atoms with Gasteiger partial charge in [-0.25, -0.2) is 9.59 Å². The van der Waals surface area contributed by atoms with Gasteiger partial charge in [-0.15, -0.1) is 12.4 Å². The molecule has 2 aromatic rings. The summed E-state index contributed by atoms with van der Waals surface area (Å²) in [5.74, 6) is 0.256. The molecule has 0 saturated carbocycles. The number of nitrogens with one attached hydrogen (secondary N) is 2. The minimum atomic E-state index is -0.685. The number of alkyl carbamates (subject to hydrolysis) is 1. The zero-order chi connectivity index (χ0) is 25.9. The van der Waals surface area contributed by atoms with E-state index in [0.29, 0.717) is 17.7 Å². The number of hydrogen-bond donors (Lipinski definition) is 2. The van der Waals surface area contributed by atoms with E-state index in [1.54, 1.807) is 0 Å². The predicted molar refractivity (Wildman–Crippen MR) is 134 cm³/mol. The Balaban J connectivity index is 0.00000481. The highest BCUT2D eigenvalue weighted by molar-refractivity contribution is 5.85. The first-order valence-corrected chi connectivity index (χ1v) is 11.3. The summed E-state index contributed by atoms with van der Waals surface area (Å²) in [7, 11) is 0. The number of nitrogens with zero attached hydrogens (tertiary/aromatic N) is 3. The Labute approximate surface area is 218 Å². The number of carbonyl (C=O) groups excluding carboxylic acids is 2. The molecule has 1 fully saturated rings. The molecule has 37 heavy (non-hydrogen) atoms. The van der Waals surface area contributed by atoms with Crippen LogP contribution in [0.5, 0.6) is 0 Å². The summed E-state index contributed by atoms with van der Waals surface area (Å²) in [6, 6.07) is 11.4. The largest absolute Gasteiger partial charge is 0.445 e. The zero-order valence-corrected chi connectivity index (χ0v) is 20.7. The monoisotopic (exact) mass is 537 g/mol. The van der Waals surface area contributed by atoms with Crippen molar-refractivity contribution < 1.29 is 28.9 Å². The Bertz CT molecular complexity index is 1060. The second-order valence-corrected chi connectivity index (χ2v) is 8.21. The molecule has 13 nitrogen and oxygen atoms in total. The van der Waals surface area contributed by atoms with E-state index in [-0.39, 0.29) is 56.0 Å². The van der Waals surface area contributed by atoms with Gasteiger partial charge in [0.15, 0.2) is 0 Å². The van der Waals surface area contributed by atoms with E-state index in [2.05, 4.69) is 10.6 Å². The van der Waals surface area contributed by atoms with Crippen LogP contribution in [-0.2, 0) is 22.7 Å². The van der Waals surface area contributed by atoms with E-state index in [0.717, 1.165) is 19.5 Å². The van der Waals surface area contributed by atoms with Gasteiger partial charge in [0.1, 0.15) is 13.2 Å². The highest BCUT2D eigenvalue weighted by Crippen LogP contribution is 2.15. The zero-order valence-electron chi connectivity index (χ0n) is 19.9. The van der Waals surface area contributed by atoms with Crippen molar-refractivity contribution in [3.63, 3.8) is 0 Å². The highest BCUT2D eigenvalue weighted by Gasteiger charge is 2.23. The first-order valence-electron chi connectivity index (χ1n) is 11.3. The van der Waals surface area contributed by atoms with Gasteiger partial charge in [0.25, 0.3) is 11.4 Å². The lowest BCUT2D eigenvalue weighted by atomic mass is 10.1. The fraction of sp³-hybridized carbons (Fsp3) is 0.391. The Morgan fingerprint density at radius 3 is 1.97 bits per heavy atom. The van der Waals surface area contributed by atoms with Crippen molar-refractivity contribution in [3.8, 4) is 0 Å². The van der Waals surface area contributed by atoms with E-state index < -0.39 is 22.0 Å². The van der Waals surface area contributed by atoms with Gasteiger partial charge < -0.3 is 25.0 Å². The van der Waals surface area contributed by atoms with Crippen LogP contribution in [0.1, 0.15) is 17.5 Å². The topological polar surface area (TPSA) is 166 Å². The fourth-order valence-electron chi connectivity index (χ4n) is 3.60. The van der Waals surface area contributed by atoms with E-state index in [1.165, 1.54) is 53.4 Å². The SMILES string of the molecule is Cl.O=C(NCCN(C[C@H]1CCNC1)C(=O)OCc1ccc([N+](=O)[O-])cc1)OCc1ccc([N+](=O)[O-])cc1. The Hall–Kier alpha value is -3.97. The average molecular weight is 538 g/mol. The molecule has 0 bridgehead atoms. The number of benzene rings is 2. The Morgan fingerprint density at radius 2 is 1.49 bits per heavy atom. The number of carbonyl (C=O) groups is 2. The molecule has 2 aromatic carbocycles. The summed E-state index contributed by atoms with van der Waals surface area (Å²) in [4.78, 5) is 46.7. The van der Waals surface area contributed by atoms with E-state index >= 15 is 0 Å². The lowest BCUT2D eigenvalue weighted by Gasteiger charge is -2.25. The molecule has 0 radical (unpaired) electrons. The molecule has 1 aliphatic rings. The molecule has 0 aliphatic carbocycles. The fourth-order valence-corrected chi connectivity index (χ4v) is 3.60. The van der Waals surface area contributed by atoms with Crippen LogP contribution in [0.3, 0.4) is 0 Å². The van der Waals surface area contributed by atoms with Crippen molar-refractivity contribution >= 4 is 36.0 Å². The smallest absolute Gasteiger partial charge is 0.410 e. The number of nitro groups is 2. The van der Waals surface area contributed by atoms with E-state index in [1.807, 2.05) is 0 Å². The van der Waals surface area contributed by atoms with Crippen LogP contribution < -0.4 is 10.6 Å². The summed E-state index contributed by atoms with van der Waals surface area (Å²) in [5.41, 5.74) is 1.11. The number of nitro benzene ring substituents is 2. The second kappa shape index (κ2) is 14.6. The third-order valence-corrected chi connectivity index (χ3v) is 5.58. The van der Waals surface area contributed by atoms with Crippen molar-refractivity contribution in [2.75, 3.05) is 32.7 Å². The number of non-ortho nitro benzene ring substituents is 2. The van der Waals surface area contributed by atoms with Gasteiger partial charge in [0.05, 0.1) is 9.85 Å². The van der Waals surface area contributed by atoms with Crippen LogP contribution in [0.25, 0.3) is 0 Å². The summed E-state index contributed by atoms with van der Waals surface area (Å²) in [6.45, 7) is 2.32. The molecule has 2 N–H and O–H groups in total. The third-order valence-electron chi connectivity index (χ3n) is 5.58. The van der Waals surface area contributed by atoms with Crippen molar-refractivity contribution in [2.24, 2.45) is 5.92 Å². The number of hydrogen-bond acceptors (Lipinski definition) is 9. The van der Waals surface area contributed by atoms with Crippen molar-refractivity contribution in [1.82, 2.24) is 15.5 Å². The van der Waals surface area contributed by atoms with Gasteiger partial charge in [-0.1, -0.05) is 0 Å². The quantitative estimate of drug-likeness (QED) is 0.322. The first kappa shape index (κ1) is 29.3. The molecular formula is C23H28ClN5O8. The molecule has 1 saturated heterocycles. The standard InChI is InChI=1S/C23H27N5O8.ClH/c29-22(35-15-17-1-5-20(6-2-17)27(31)32)25-11-12-26(14-19-9-10-24-13-19)23(30)36-16-18-3-7-21(8-4-18)28(33)34;/h1-8,19,24H,9-16H2,(H,25,29);1H/t19-;/m0./s1. The lowest BCUT2D eigenvalue weighted by Crippen LogP contribution is -2.41. The molecule has 0 aromatic heterocycles. The van der Waals surface area contributed by atoms with Crippen LogP contribution >= 0.6 is 12.4 Å². The van der Waals surface area contributed by atoms with E-state index in [9.17, 15) is 29.8 Å². The summed E-state index contributed by atoms with van der Waals surface area (Å²) < 4.78 is 10.5. The number of amides is 2. The first-order chi connectivity index (χ1) is 17.3. The van der Waals surface area contributed by atoms with E-state index in [4.69, 9.17) is 9.47 Å². The Morgan fingerprint density at radius 1 is 0.946 bits per heavy atom. The summed E-state index contributed by atoms with van der Waals surface area (Å²) in [6.07, 6.45) is -0.326. The molecule has 0 unspecified atom stereocenters. The molecule has 3 rings (SSSR count). The van der Waals surface area contributed by atoms with Gasteiger partial charge in [-0.2, -0.15) is 0 Å². The third kappa shape index (κ3) is 9.54. The van der Waals surface area contributed by atoms with Crippen molar-refractivity contribution in [2.45, 2.75) is 19.6 Å². The molecule has 1 aliphatic heterocycles. The maximum absolute atomic E-state index is 12.7. The van der Waals surface area contributed by atoms with Crippen LogP contribution in [0.2, 0.25) is 0 Å². The molecule has 1 atom stereocenters. The summed E-state index contributed by atoms with van der Waals surface area (Å²) in [5, 5.41) is 27.3. The minimum absolute atomic E-state index is 0. The second-order valence-electron chi connectivity index (χ2n) is 8.21. The number of halogens is 1. The van der Waals surface area contributed by atoms with Crippen LogP contribution in [0, 0.1) is 26.1 Å². The number of ether oxygens (including phenoxy) is 2. The minimum Gasteiger partial charge on any atom is -0.445 e. The average Bonchev–Trinajstić information content (AvgIpc) is 3.39. The van der Waals surface area contributed by atoms with Gasteiger partial charge >= 0.3 is 12.2 Å². The molecule has 1 heterocycles. The van der Waals surface area contributed by atoms with Crippen LogP contribution in [-0.4, -0.2) is 59.7 Å². The van der Waals surface area contributed by atoms with Crippen molar-refractivity contribution in [1.29, 1.82) is 0 Å². The number of rotatable bonds is 11. The van der Waals surface area contributed by atoms with Gasteiger partial charge in [-0.3, -0.25) is 20.2 Å². The predicted octanol–water partition coefficient (Wildman–Crippen LogP) is 3.40. The molecule has 200 valence electrons. The Kier molecular flexibility index (Phi) is 11.5. The van der Waals surface area contributed by atoms with Gasteiger partial charge in [0, 0.05) is 43.9 Å². The molecule has 14 heteroatoms. The molecule has 0 spiro atoms. The highest BCUT2D eigenvalue weighted by atomic mass is 35.5. The normalized spacial score (nSPS) is 14.2. The molecule has 2 amide bonds. The van der Waals surface area contributed by atoms with Crippen LogP contribution in [0.15, 0.2) is 48.5 Å². The summed E-state index contributed by atoms with van der Waals surface area (Å²) >= 11 is 0.